The van der Waals surface area contributed by atoms with Crippen molar-refractivity contribution in [3.8, 4) is 0 Å². The Balaban J connectivity index is 0.00000232. The normalized spacial score (nSPS) is 20.5. The van der Waals surface area contributed by atoms with Crippen molar-refractivity contribution in [2.75, 3.05) is 26.7 Å². The molecular formula is C17H36N2O4. The summed E-state index contributed by atoms with van der Waals surface area (Å²) in [4.78, 5) is 18.2. The van der Waals surface area contributed by atoms with Crippen molar-refractivity contribution in [3.63, 3.8) is 0 Å². The van der Waals surface area contributed by atoms with Gasteiger partial charge in [-0.25, -0.2) is 4.89 Å². The average molecular weight is 332 g/mol. The minimum absolute atomic E-state index is 0.0519. The molecule has 1 rings (SSSR count). The lowest BCUT2D eigenvalue weighted by Crippen LogP contribution is -2.42. The second kappa shape index (κ2) is 13.7. The Hall–Kier alpha value is -0.690. The van der Waals surface area contributed by atoms with Crippen LogP contribution in [0.25, 0.3) is 0 Å². The first-order valence-electron chi connectivity index (χ1n) is 8.94. The summed E-state index contributed by atoms with van der Waals surface area (Å²) >= 11 is 0. The van der Waals surface area contributed by atoms with Gasteiger partial charge in [0.05, 0.1) is 12.7 Å². The number of nitrogens with zero attached hydrogens (tertiary/aromatic N) is 1. The molecule has 0 bridgehead atoms. The summed E-state index contributed by atoms with van der Waals surface area (Å²) in [6, 6.07) is 0.216. The summed E-state index contributed by atoms with van der Waals surface area (Å²) in [6.07, 6.45) is 4.84. The van der Waals surface area contributed by atoms with Gasteiger partial charge in [0.2, 0.25) is 0 Å². The van der Waals surface area contributed by atoms with E-state index < -0.39 is 0 Å². The number of ether oxygens (including phenoxy) is 1. The Labute approximate surface area is 141 Å². The molecule has 0 aromatic rings. The van der Waals surface area contributed by atoms with E-state index in [1.54, 1.807) is 0 Å². The van der Waals surface area contributed by atoms with Crippen molar-refractivity contribution >= 4 is 5.97 Å². The minimum Gasteiger partial charge on any atom is -0.462 e. The largest absolute Gasteiger partial charge is 0.462 e. The highest BCUT2D eigenvalue weighted by Crippen LogP contribution is 2.15. The smallest absolute Gasteiger partial charge is 0.323 e. The van der Waals surface area contributed by atoms with Crippen LogP contribution in [-0.4, -0.2) is 61.1 Å². The van der Waals surface area contributed by atoms with Crippen LogP contribution in [0.15, 0.2) is 0 Å². The zero-order chi connectivity index (χ0) is 17.7. The number of unbranched alkanes of at least 4 members (excludes halogenated alkanes) is 2. The van der Waals surface area contributed by atoms with Gasteiger partial charge < -0.3 is 15.0 Å². The van der Waals surface area contributed by atoms with Gasteiger partial charge in [-0.05, 0) is 59.5 Å². The van der Waals surface area contributed by atoms with Crippen LogP contribution in [0.3, 0.4) is 0 Å². The second-order valence-corrected chi connectivity index (χ2v) is 6.14. The quantitative estimate of drug-likeness (QED) is 0.277. The Morgan fingerprint density at radius 1 is 1.26 bits per heavy atom. The molecule has 2 unspecified atom stereocenters. The van der Waals surface area contributed by atoms with E-state index in [0.717, 1.165) is 45.2 Å². The number of likely N-dealkylation sites (N-methyl/N-ethyl adjacent to an activating group) is 1. The number of nitrogens with one attached hydrogen (secondary N) is 1. The van der Waals surface area contributed by atoms with E-state index in [0.29, 0.717) is 12.6 Å². The molecule has 1 heterocycles. The Morgan fingerprint density at radius 3 is 2.57 bits per heavy atom. The van der Waals surface area contributed by atoms with Crippen molar-refractivity contribution in [1.82, 2.24) is 10.2 Å². The fourth-order valence-corrected chi connectivity index (χ4v) is 2.66. The summed E-state index contributed by atoms with van der Waals surface area (Å²) in [7, 11) is 2.10. The topological polar surface area (TPSA) is 71.0 Å². The molecule has 2 atom stereocenters. The maximum Gasteiger partial charge on any atom is 0.323 e. The lowest BCUT2D eigenvalue weighted by atomic mass is 10.2. The fraction of sp³-hybridized carbons (Fsp3) is 0.941. The van der Waals surface area contributed by atoms with Crippen molar-refractivity contribution in [2.24, 2.45) is 0 Å². The van der Waals surface area contributed by atoms with Gasteiger partial charge in [-0.2, -0.15) is 0 Å². The van der Waals surface area contributed by atoms with Crippen molar-refractivity contribution in [1.29, 1.82) is 0 Å². The molecule has 0 saturated carbocycles. The molecule has 0 aromatic heterocycles. The van der Waals surface area contributed by atoms with E-state index >= 15 is 0 Å². The average Bonchev–Trinajstić information content (AvgIpc) is 2.97. The number of carbonyl (C=O) groups excluding carboxylic acids is 1. The number of carbonyl (C=O) groups is 1. The second-order valence-electron chi connectivity index (χ2n) is 6.14. The van der Waals surface area contributed by atoms with Gasteiger partial charge in [0.25, 0.3) is 0 Å². The SMILES string of the molecule is CC.CC(C)OC(=O)C1CCC(CN(C)CCCCCOO)N1. The minimum atomic E-state index is -0.146. The Bertz CT molecular complexity index is 300. The van der Waals surface area contributed by atoms with Gasteiger partial charge in [0.15, 0.2) is 0 Å². The summed E-state index contributed by atoms with van der Waals surface area (Å²) in [5.74, 6) is -0.126. The molecule has 0 aromatic carbocycles. The molecule has 1 fully saturated rings. The van der Waals surface area contributed by atoms with Gasteiger partial charge in [-0.1, -0.05) is 13.8 Å². The molecule has 6 heteroatoms. The molecule has 138 valence electrons. The van der Waals surface area contributed by atoms with Crippen LogP contribution >= 0.6 is 0 Å². The number of esters is 1. The van der Waals surface area contributed by atoms with Crippen LogP contribution < -0.4 is 5.32 Å². The van der Waals surface area contributed by atoms with E-state index in [1.807, 2.05) is 27.7 Å². The van der Waals surface area contributed by atoms with Crippen LogP contribution in [0, 0.1) is 0 Å². The number of hydrogen-bond donors (Lipinski definition) is 2. The molecular weight excluding hydrogens is 296 g/mol. The first-order valence-corrected chi connectivity index (χ1v) is 8.94. The predicted molar refractivity (Wildman–Crippen MR) is 92.5 cm³/mol. The first-order chi connectivity index (χ1) is 11.0. The highest BCUT2D eigenvalue weighted by Gasteiger charge is 2.30. The van der Waals surface area contributed by atoms with E-state index in [-0.39, 0.29) is 18.1 Å². The van der Waals surface area contributed by atoms with E-state index in [9.17, 15) is 4.79 Å². The third kappa shape index (κ3) is 10.7. The van der Waals surface area contributed by atoms with Gasteiger partial charge in [-0.3, -0.25) is 10.1 Å². The van der Waals surface area contributed by atoms with Crippen LogP contribution in [-0.2, 0) is 14.4 Å². The molecule has 1 saturated heterocycles. The van der Waals surface area contributed by atoms with E-state index in [2.05, 4.69) is 22.2 Å². The maximum atomic E-state index is 11.8. The molecule has 0 spiro atoms. The van der Waals surface area contributed by atoms with Crippen LogP contribution in [0.2, 0.25) is 0 Å². The fourth-order valence-electron chi connectivity index (χ4n) is 2.66. The summed E-state index contributed by atoms with van der Waals surface area (Å²) < 4.78 is 5.24. The maximum absolute atomic E-state index is 11.8. The third-order valence-electron chi connectivity index (χ3n) is 3.68. The molecule has 23 heavy (non-hydrogen) atoms. The molecule has 0 amide bonds. The molecule has 6 nitrogen and oxygen atoms in total. The molecule has 2 N–H and O–H groups in total. The zero-order valence-corrected chi connectivity index (χ0v) is 15.5. The van der Waals surface area contributed by atoms with Crippen molar-refractivity contribution in [2.45, 2.75) is 78.0 Å². The molecule has 0 aliphatic carbocycles. The van der Waals surface area contributed by atoms with E-state index in [1.165, 1.54) is 0 Å². The summed E-state index contributed by atoms with van der Waals surface area (Å²) in [5, 5.41) is 11.6. The van der Waals surface area contributed by atoms with Crippen molar-refractivity contribution < 1.29 is 19.7 Å². The van der Waals surface area contributed by atoms with Gasteiger partial charge in [0, 0.05) is 12.6 Å². The van der Waals surface area contributed by atoms with Crippen LogP contribution in [0.1, 0.15) is 59.8 Å². The zero-order valence-electron chi connectivity index (χ0n) is 15.5. The monoisotopic (exact) mass is 332 g/mol. The molecule has 0 radical (unpaired) electrons. The third-order valence-corrected chi connectivity index (χ3v) is 3.68. The van der Waals surface area contributed by atoms with Gasteiger partial charge in [0.1, 0.15) is 6.04 Å². The van der Waals surface area contributed by atoms with E-state index in [4.69, 9.17) is 9.99 Å². The highest BCUT2D eigenvalue weighted by molar-refractivity contribution is 5.76. The first kappa shape index (κ1) is 22.3. The Kier molecular flexibility index (Phi) is 13.3. The lowest BCUT2D eigenvalue weighted by molar-refractivity contribution is -0.242. The lowest BCUT2D eigenvalue weighted by Gasteiger charge is -2.22. The van der Waals surface area contributed by atoms with Crippen molar-refractivity contribution in [3.05, 3.63) is 0 Å². The number of rotatable bonds is 10. The summed E-state index contributed by atoms with van der Waals surface area (Å²) in [5.41, 5.74) is 0. The highest BCUT2D eigenvalue weighted by atomic mass is 17.1. The van der Waals surface area contributed by atoms with Crippen LogP contribution in [0.5, 0.6) is 0 Å². The molecule has 1 aliphatic rings. The predicted octanol–water partition coefficient (Wildman–Crippen LogP) is 2.68. The van der Waals surface area contributed by atoms with Crippen LogP contribution in [0.4, 0.5) is 0 Å². The van der Waals surface area contributed by atoms with Gasteiger partial charge in [-0.15, -0.1) is 0 Å². The Morgan fingerprint density at radius 2 is 1.96 bits per heavy atom. The summed E-state index contributed by atoms with van der Waals surface area (Å²) in [6.45, 7) is 10.1. The molecule has 1 aliphatic heterocycles. The number of hydrogen-bond acceptors (Lipinski definition) is 6. The van der Waals surface area contributed by atoms with Gasteiger partial charge >= 0.3 is 5.97 Å². The standard InChI is InChI=1S/C15H30N2O4.C2H6/c1-12(2)21-15(18)14-8-7-13(16-14)11-17(3)9-5-4-6-10-20-19;1-2/h12-14,16,19H,4-11H2,1-3H3;1-2H3.